The fourth-order valence-corrected chi connectivity index (χ4v) is 4.06. The molecule has 1 atom stereocenters. The van der Waals surface area contributed by atoms with Crippen LogP contribution in [0, 0.1) is 0 Å². The van der Waals surface area contributed by atoms with E-state index < -0.39 is 7.60 Å². The average Bonchev–Trinajstić information content (AvgIpc) is 2.27. The summed E-state index contributed by atoms with van der Waals surface area (Å²) in [6.45, 7) is 3.99. The molecule has 3 nitrogen and oxygen atoms in total. The fourth-order valence-electron chi connectivity index (χ4n) is 2.14. The summed E-state index contributed by atoms with van der Waals surface area (Å²) in [5.74, 6) is 0. The Kier molecular flexibility index (Phi) is 5.31. The molecule has 4 heteroatoms. The van der Waals surface area contributed by atoms with Crippen LogP contribution in [-0.2, 0) is 9.09 Å². The van der Waals surface area contributed by atoms with Crippen LogP contribution in [0.5, 0.6) is 0 Å². The monoisotopic (exact) mass is 234 g/mol. The Morgan fingerprint density at radius 2 is 1.80 bits per heavy atom. The van der Waals surface area contributed by atoms with Gasteiger partial charge in [-0.3, -0.25) is 4.57 Å². The highest BCUT2D eigenvalue weighted by molar-refractivity contribution is 7.53. The van der Waals surface area contributed by atoms with Crippen LogP contribution in [0.3, 0.4) is 0 Å². The van der Waals surface area contributed by atoms with E-state index in [2.05, 4.69) is 0 Å². The highest BCUT2D eigenvalue weighted by Gasteiger charge is 2.34. The van der Waals surface area contributed by atoms with E-state index in [0.717, 1.165) is 38.5 Å². The molecule has 1 aliphatic carbocycles. The van der Waals surface area contributed by atoms with E-state index in [9.17, 15) is 9.46 Å². The lowest BCUT2D eigenvalue weighted by Crippen LogP contribution is -2.18. The van der Waals surface area contributed by atoms with E-state index in [0.29, 0.717) is 0 Å². The first-order valence-electron chi connectivity index (χ1n) is 6.11. The Morgan fingerprint density at radius 3 is 2.27 bits per heavy atom. The van der Waals surface area contributed by atoms with E-state index in [4.69, 9.17) is 4.52 Å². The molecule has 1 fully saturated rings. The Morgan fingerprint density at radius 1 is 1.27 bits per heavy atom. The minimum absolute atomic E-state index is 0.0530. The second-order valence-corrected chi connectivity index (χ2v) is 6.47. The van der Waals surface area contributed by atoms with Crippen LogP contribution in [0.4, 0.5) is 0 Å². The van der Waals surface area contributed by atoms with Gasteiger partial charge >= 0.3 is 7.60 Å². The molecule has 15 heavy (non-hydrogen) atoms. The second-order valence-electron chi connectivity index (χ2n) is 4.40. The molecule has 1 rings (SSSR count). The van der Waals surface area contributed by atoms with Crippen molar-refractivity contribution in [1.82, 2.24) is 0 Å². The molecule has 0 aromatic heterocycles. The van der Waals surface area contributed by atoms with Gasteiger partial charge in [0.1, 0.15) is 0 Å². The summed E-state index contributed by atoms with van der Waals surface area (Å²) in [5.41, 5.74) is -0.105. The molecule has 0 spiro atoms. The molecule has 0 aromatic carbocycles. The standard InChI is InChI=1S/C11H23O3P/c1-3-10(4-2)14-15(12,13)11-8-6-5-7-9-11/h10-11H,3-9H2,1-2H3,(H,12,13). The summed E-state index contributed by atoms with van der Waals surface area (Å²) < 4.78 is 17.4. The third-order valence-electron chi connectivity index (χ3n) is 3.25. The molecule has 0 aliphatic heterocycles. The molecular formula is C11H23O3P. The van der Waals surface area contributed by atoms with Crippen LogP contribution in [0.15, 0.2) is 0 Å². The van der Waals surface area contributed by atoms with Crippen LogP contribution in [0.2, 0.25) is 0 Å². The second kappa shape index (κ2) is 6.03. The van der Waals surface area contributed by atoms with Crippen molar-refractivity contribution in [2.24, 2.45) is 0 Å². The molecule has 1 unspecified atom stereocenters. The van der Waals surface area contributed by atoms with Gasteiger partial charge in [-0.15, -0.1) is 0 Å². The van der Waals surface area contributed by atoms with Crippen molar-refractivity contribution in [3.63, 3.8) is 0 Å². The average molecular weight is 234 g/mol. The lowest BCUT2D eigenvalue weighted by atomic mass is 10.0. The van der Waals surface area contributed by atoms with Gasteiger partial charge < -0.3 is 9.42 Å². The first-order chi connectivity index (χ1) is 7.10. The molecule has 0 bridgehead atoms. The van der Waals surface area contributed by atoms with Crippen molar-refractivity contribution < 1.29 is 14.0 Å². The molecule has 0 saturated heterocycles. The Bertz CT molecular complexity index is 220. The van der Waals surface area contributed by atoms with Crippen molar-refractivity contribution >= 4 is 7.60 Å². The van der Waals surface area contributed by atoms with Crippen LogP contribution >= 0.6 is 7.60 Å². The fraction of sp³-hybridized carbons (Fsp3) is 1.00. The molecule has 0 amide bonds. The third-order valence-corrected chi connectivity index (χ3v) is 5.29. The summed E-state index contributed by atoms with van der Waals surface area (Å²) >= 11 is 0. The quantitative estimate of drug-likeness (QED) is 0.737. The lowest BCUT2D eigenvalue weighted by molar-refractivity contribution is 0.157. The maximum Gasteiger partial charge on any atom is 0.331 e. The zero-order valence-electron chi connectivity index (χ0n) is 9.82. The lowest BCUT2D eigenvalue weighted by Gasteiger charge is -2.28. The Balaban J connectivity index is 2.52. The van der Waals surface area contributed by atoms with Crippen LogP contribution in [0.1, 0.15) is 58.8 Å². The van der Waals surface area contributed by atoms with Crippen molar-refractivity contribution in [3.05, 3.63) is 0 Å². The molecule has 90 valence electrons. The van der Waals surface area contributed by atoms with Gasteiger partial charge in [-0.25, -0.2) is 0 Å². The molecule has 0 heterocycles. The van der Waals surface area contributed by atoms with Gasteiger partial charge in [0.25, 0.3) is 0 Å². The smallest absolute Gasteiger partial charge is 0.324 e. The Labute approximate surface area is 92.8 Å². The highest BCUT2D eigenvalue weighted by Crippen LogP contribution is 2.54. The maximum absolute atomic E-state index is 12.0. The SMILES string of the molecule is CCC(CC)OP(=O)(O)C1CCCCC1. The molecule has 0 aromatic rings. The topological polar surface area (TPSA) is 46.5 Å². The van der Waals surface area contributed by atoms with Crippen LogP contribution < -0.4 is 0 Å². The summed E-state index contributed by atoms with van der Waals surface area (Å²) in [6.07, 6.45) is 6.62. The van der Waals surface area contributed by atoms with E-state index in [1.807, 2.05) is 13.8 Å². The van der Waals surface area contributed by atoms with E-state index >= 15 is 0 Å². The van der Waals surface area contributed by atoms with Gasteiger partial charge in [0, 0.05) is 0 Å². The molecule has 1 N–H and O–H groups in total. The summed E-state index contributed by atoms with van der Waals surface area (Å²) in [6, 6.07) is 0. The van der Waals surface area contributed by atoms with Crippen LogP contribution in [0.25, 0.3) is 0 Å². The first kappa shape index (κ1) is 13.2. The minimum atomic E-state index is -3.36. The molecular weight excluding hydrogens is 211 g/mol. The van der Waals surface area contributed by atoms with Gasteiger partial charge in [0.15, 0.2) is 0 Å². The zero-order valence-corrected chi connectivity index (χ0v) is 10.7. The van der Waals surface area contributed by atoms with E-state index in [1.165, 1.54) is 6.42 Å². The highest BCUT2D eigenvalue weighted by atomic mass is 31.2. The molecule has 0 radical (unpaired) electrons. The summed E-state index contributed by atoms with van der Waals surface area (Å²) in [4.78, 5) is 9.91. The summed E-state index contributed by atoms with van der Waals surface area (Å²) in [5, 5.41) is 0. The normalized spacial score (nSPS) is 22.9. The third kappa shape index (κ3) is 3.90. The van der Waals surface area contributed by atoms with Crippen molar-refractivity contribution in [1.29, 1.82) is 0 Å². The van der Waals surface area contributed by atoms with Gasteiger partial charge in [-0.05, 0) is 25.7 Å². The van der Waals surface area contributed by atoms with E-state index in [1.54, 1.807) is 0 Å². The van der Waals surface area contributed by atoms with Gasteiger partial charge in [0.05, 0.1) is 11.8 Å². The van der Waals surface area contributed by atoms with E-state index in [-0.39, 0.29) is 11.8 Å². The van der Waals surface area contributed by atoms with Crippen LogP contribution in [-0.4, -0.2) is 16.7 Å². The molecule has 1 saturated carbocycles. The van der Waals surface area contributed by atoms with Gasteiger partial charge in [0.2, 0.25) is 0 Å². The van der Waals surface area contributed by atoms with Crippen molar-refractivity contribution in [2.45, 2.75) is 70.6 Å². The molecule has 1 aliphatic rings. The van der Waals surface area contributed by atoms with Gasteiger partial charge in [-0.2, -0.15) is 0 Å². The largest absolute Gasteiger partial charge is 0.331 e. The maximum atomic E-state index is 12.0. The predicted octanol–water partition coefficient (Wildman–Crippen LogP) is 3.71. The van der Waals surface area contributed by atoms with Crippen molar-refractivity contribution in [3.8, 4) is 0 Å². The number of rotatable bonds is 5. The number of hydrogen-bond acceptors (Lipinski definition) is 2. The minimum Gasteiger partial charge on any atom is -0.324 e. The first-order valence-corrected chi connectivity index (χ1v) is 7.75. The van der Waals surface area contributed by atoms with Gasteiger partial charge in [-0.1, -0.05) is 33.1 Å². The summed E-state index contributed by atoms with van der Waals surface area (Å²) in [7, 11) is -3.36. The number of hydrogen-bond donors (Lipinski definition) is 1. The zero-order chi connectivity index (χ0) is 11.3. The Hall–Kier alpha value is 0.150. The predicted molar refractivity (Wildman–Crippen MR) is 62.2 cm³/mol. The van der Waals surface area contributed by atoms with Crippen molar-refractivity contribution in [2.75, 3.05) is 0 Å².